The van der Waals surface area contributed by atoms with Gasteiger partial charge in [-0.2, -0.15) is 0 Å². The highest BCUT2D eigenvalue weighted by molar-refractivity contribution is 5.87. The van der Waals surface area contributed by atoms with Crippen molar-refractivity contribution >= 4 is 11.9 Å². The summed E-state index contributed by atoms with van der Waals surface area (Å²) in [5.41, 5.74) is 0. The highest BCUT2D eigenvalue weighted by atomic mass is 16.5. The molecule has 5 nitrogen and oxygen atoms in total. The van der Waals surface area contributed by atoms with Crippen LogP contribution < -0.4 is 5.32 Å². The summed E-state index contributed by atoms with van der Waals surface area (Å²) in [6.07, 6.45) is 5.80. The van der Waals surface area contributed by atoms with E-state index < -0.39 is 23.9 Å². The molecule has 2 N–H and O–H groups in total. The predicted molar refractivity (Wildman–Crippen MR) is 65.0 cm³/mol. The Morgan fingerprint density at radius 1 is 1.22 bits per heavy atom. The van der Waals surface area contributed by atoms with E-state index in [1.165, 1.54) is 0 Å². The summed E-state index contributed by atoms with van der Waals surface area (Å²) < 4.78 is 5.45. The summed E-state index contributed by atoms with van der Waals surface area (Å²) in [6, 6.07) is 0. The molecule has 2 bridgehead atoms. The topological polar surface area (TPSA) is 75.6 Å². The smallest absolute Gasteiger partial charge is 0.310 e. The molecule has 1 amide bonds. The number of carboxylic acids is 1. The van der Waals surface area contributed by atoms with Crippen LogP contribution in [-0.2, 0) is 14.3 Å². The Morgan fingerprint density at radius 2 is 1.89 bits per heavy atom. The Morgan fingerprint density at radius 3 is 2.50 bits per heavy atom. The van der Waals surface area contributed by atoms with Crippen molar-refractivity contribution in [2.45, 2.75) is 38.4 Å². The number of rotatable bonds is 6. The second kappa shape index (κ2) is 5.52. The molecule has 0 saturated carbocycles. The van der Waals surface area contributed by atoms with Gasteiger partial charge in [-0.15, -0.1) is 0 Å². The molecule has 0 spiro atoms. The number of hydrogen-bond donors (Lipinski definition) is 2. The zero-order valence-corrected chi connectivity index (χ0v) is 10.5. The SMILES string of the molecule is CCCCCNC(=O)[C@@H]1[C@@H](C(=O)O)[C@H]2C=C[C@@H]1O2. The van der Waals surface area contributed by atoms with E-state index in [4.69, 9.17) is 4.74 Å². The monoisotopic (exact) mass is 253 g/mol. The van der Waals surface area contributed by atoms with Crippen LogP contribution in [0.25, 0.3) is 0 Å². The van der Waals surface area contributed by atoms with Crippen LogP contribution in [0.4, 0.5) is 0 Å². The zero-order valence-electron chi connectivity index (χ0n) is 10.5. The molecule has 2 heterocycles. The van der Waals surface area contributed by atoms with E-state index in [1.54, 1.807) is 12.2 Å². The third kappa shape index (κ3) is 2.41. The lowest BCUT2D eigenvalue weighted by Gasteiger charge is -2.20. The first kappa shape index (κ1) is 13.1. The molecule has 18 heavy (non-hydrogen) atoms. The Labute approximate surface area is 106 Å². The van der Waals surface area contributed by atoms with E-state index >= 15 is 0 Å². The van der Waals surface area contributed by atoms with Gasteiger partial charge in [0.1, 0.15) is 5.92 Å². The Hall–Kier alpha value is -1.36. The van der Waals surface area contributed by atoms with E-state index in [9.17, 15) is 14.7 Å². The maximum atomic E-state index is 12.0. The Bertz CT molecular complexity index is 366. The van der Waals surface area contributed by atoms with Crippen LogP contribution in [-0.4, -0.2) is 35.7 Å². The van der Waals surface area contributed by atoms with Crippen LogP contribution in [0, 0.1) is 11.8 Å². The van der Waals surface area contributed by atoms with Gasteiger partial charge in [-0.05, 0) is 6.42 Å². The quantitative estimate of drug-likeness (QED) is 0.546. The molecular weight excluding hydrogens is 234 g/mol. The van der Waals surface area contributed by atoms with Gasteiger partial charge in [0.25, 0.3) is 0 Å². The third-order valence-corrected chi connectivity index (χ3v) is 3.57. The van der Waals surface area contributed by atoms with Gasteiger partial charge in [-0.3, -0.25) is 9.59 Å². The van der Waals surface area contributed by atoms with Gasteiger partial charge in [0.15, 0.2) is 0 Å². The first-order valence-electron chi connectivity index (χ1n) is 6.49. The van der Waals surface area contributed by atoms with Crippen LogP contribution in [0.5, 0.6) is 0 Å². The number of ether oxygens (including phenoxy) is 1. The van der Waals surface area contributed by atoms with Crippen molar-refractivity contribution in [3.63, 3.8) is 0 Å². The molecule has 0 unspecified atom stereocenters. The van der Waals surface area contributed by atoms with Gasteiger partial charge in [-0.1, -0.05) is 31.9 Å². The van der Waals surface area contributed by atoms with Crippen LogP contribution in [0.15, 0.2) is 12.2 Å². The van der Waals surface area contributed by atoms with E-state index in [-0.39, 0.29) is 12.0 Å². The molecule has 100 valence electrons. The fourth-order valence-electron chi connectivity index (χ4n) is 2.62. The number of unbranched alkanes of at least 4 members (excludes halogenated alkanes) is 2. The number of carboxylic acid groups (broad SMARTS) is 1. The first-order valence-corrected chi connectivity index (χ1v) is 6.49. The molecule has 1 saturated heterocycles. The molecule has 2 aliphatic heterocycles. The van der Waals surface area contributed by atoms with Gasteiger partial charge in [-0.25, -0.2) is 0 Å². The van der Waals surface area contributed by atoms with E-state index in [2.05, 4.69) is 12.2 Å². The van der Waals surface area contributed by atoms with Crippen molar-refractivity contribution in [3.05, 3.63) is 12.2 Å². The summed E-state index contributed by atoms with van der Waals surface area (Å²) >= 11 is 0. The van der Waals surface area contributed by atoms with Gasteiger partial charge >= 0.3 is 5.97 Å². The van der Waals surface area contributed by atoms with E-state index in [0.29, 0.717) is 6.54 Å². The second-order valence-corrected chi connectivity index (χ2v) is 4.84. The van der Waals surface area contributed by atoms with Gasteiger partial charge < -0.3 is 15.2 Å². The normalized spacial score (nSPS) is 32.7. The van der Waals surface area contributed by atoms with Crippen LogP contribution >= 0.6 is 0 Å². The average molecular weight is 253 g/mol. The number of fused-ring (bicyclic) bond motifs is 2. The fourth-order valence-corrected chi connectivity index (χ4v) is 2.62. The van der Waals surface area contributed by atoms with Gasteiger partial charge in [0.2, 0.25) is 5.91 Å². The van der Waals surface area contributed by atoms with Crippen LogP contribution in [0.2, 0.25) is 0 Å². The number of carbonyl (C=O) groups is 2. The number of carbonyl (C=O) groups excluding carboxylic acids is 1. The molecule has 2 aliphatic rings. The maximum absolute atomic E-state index is 12.0. The summed E-state index contributed by atoms with van der Waals surface area (Å²) in [4.78, 5) is 23.2. The largest absolute Gasteiger partial charge is 0.481 e. The van der Waals surface area contributed by atoms with Gasteiger partial charge in [0, 0.05) is 6.54 Å². The third-order valence-electron chi connectivity index (χ3n) is 3.57. The Kier molecular flexibility index (Phi) is 4.01. The summed E-state index contributed by atoms with van der Waals surface area (Å²) in [5.74, 6) is -2.48. The second-order valence-electron chi connectivity index (χ2n) is 4.84. The first-order chi connectivity index (χ1) is 8.65. The standard InChI is InChI=1S/C13H19NO4/c1-2-3-4-7-14-12(15)10-8-5-6-9(18-8)11(10)13(16)17/h5-6,8-11H,2-4,7H2,1H3,(H,14,15)(H,16,17)/t8-,9+,10-,11-/m0/s1. The molecule has 0 radical (unpaired) electrons. The number of nitrogens with one attached hydrogen (secondary N) is 1. The highest BCUT2D eigenvalue weighted by Gasteiger charge is 2.52. The number of aliphatic carboxylic acids is 1. The van der Waals surface area contributed by atoms with Gasteiger partial charge in [0.05, 0.1) is 18.1 Å². The van der Waals surface area contributed by atoms with E-state index in [1.807, 2.05) is 0 Å². The predicted octanol–water partition coefficient (Wildman–Crippen LogP) is 0.947. The van der Waals surface area contributed by atoms with Crippen LogP contribution in [0.3, 0.4) is 0 Å². The molecule has 4 atom stereocenters. The Balaban J connectivity index is 1.92. The maximum Gasteiger partial charge on any atom is 0.310 e. The zero-order chi connectivity index (χ0) is 13.1. The molecule has 0 aromatic rings. The van der Waals surface area contributed by atoms with Crippen molar-refractivity contribution in [1.29, 1.82) is 0 Å². The lowest BCUT2D eigenvalue weighted by Crippen LogP contribution is -2.42. The summed E-state index contributed by atoms with van der Waals surface area (Å²) in [6.45, 7) is 2.70. The molecule has 0 aliphatic carbocycles. The number of amides is 1. The molecule has 5 heteroatoms. The van der Waals surface area contributed by atoms with Crippen molar-refractivity contribution in [2.24, 2.45) is 11.8 Å². The number of hydrogen-bond acceptors (Lipinski definition) is 3. The van der Waals surface area contributed by atoms with Crippen molar-refractivity contribution in [1.82, 2.24) is 5.32 Å². The summed E-state index contributed by atoms with van der Waals surface area (Å²) in [7, 11) is 0. The van der Waals surface area contributed by atoms with E-state index in [0.717, 1.165) is 19.3 Å². The minimum Gasteiger partial charge on any atom is -0.481 e. The van der Waals surface area contributed by atoms with Crippen molar-refractivity contribution in [3.8, 4) is 0 Å². The molecule has 1 fully saturated rings. The molecule has 2 rings (SSSR count). The van der Waals surface area contributed by atoms with Crippen molar-refractivity contribution in [2.75, 3.05) is 6.54 Å². The molecule has 0 aromatic carbocycles. The fraction of sp³-hybridized carbons (Fsp3) is 0.692. The van der Waals surface area contributed by atoms with Crippen molar-refractivity contribution < 1.29 is 19.4 Å². The minimum absolute atomic E-state index is 0.199. The summed E-state index contributed by atoms with van der Waals surface area (Å²) in [5, 5.41) is 12.0. The average Bonchev–Trinajstić information content (AvgIpc) is 2.94. The lowest BCUT2D eigenvalue weighted by molar-refractivity contribution is -0.146. The molecule has 0 aromatic heterocycles. The lowest BCUT2D eigenvalue weighted by atomic mass is 9.82. The minimum atomic E-state index is -0.958. The highest BCUT2D eigenvalue weighted by Crippen LogP contribution is 2.39. The van der Waals surface area contributed by atoms with Crippen LogP contribution in [0.1, 0.15) is 26.2 Å². The molecular formula is C13H19NO4.